The highest BCUT2D eigenvalue weighted by molar-refractivity contribution is 6.42. The third kappa shape index (κ3) is 6.15. The van der Waals surface area contributed by atoms with Crippen molar-refractivity contribution < 1.29 is 4.79 Å². The van der Waals surface area contributed by atoms with Crippen molar-refractivity contribution in [2.75, 3.05) is 26.2 Å². The van der Waals surface area contributed by atoms with Crippen molar-refractivity contribution in [1.82, 2.24) is 10.2 Å². The fourth-order valence-corrected chi connectivity index (χ4v) is 3.08. The molecule has 1 N–H and O–H groups in total. The van der Waals surface area contributed by atoms with E-state index in [2.05, 4.69) is 10.2 Å². The highest BCUT2D eigenvalue weighted by atomic mass is 35.5. The van der Waals surface area contributed by atoms with Crippen LogP contribution in [0.1, 0.15) is 37.7 Å². The maximum absolute atomic E-state index is 11.8. The monoisotopic (exact) mass is 342 g/mol. The molecule has 1 heterocycles. The molecule has 1 amide bonds. The van der Waals surface area contributed by atoms with Gasteiger partial charge in [-0.05, 0) is 63.0 Å². The van der Waals surface area contributed by atoms with Gasteiger partial charge in [0.2, 0.25) is 5.91 Å². The second-order valence-corrected chi connectivity index (χ2v) is 6.67. The molecule has 22 heavy (non-hydrogen) atoms. The van der Waals surface area contributed by atoms with Crippen LogP contribution in [0, 0.1) is 0 Å². The van der Waals surface area contributed by atoms with Gasteiger partial charge in [-0.15, -0.1) is 0 Å². The van der Waals surface area contributed by atoms with Crippen LogP contribution >= 0.6 is 23.2 Å². The number of likely N-dealkylation sites (tertiary alicyclic amines) is 1. The number of halogens is 2. The van der Waals surface area contributed by atoms with E-state index in [1.165, 1.54) is 32.4 Å². The summed E-state index contributed by atoms with van der Waals surface area (Å²) in [5, 5.41) is 4.09. The predicted octanol–water partition coefficient (Wildman–Crippen LogP) is 3.92. The Morgan fingerprint density at radius 1 is 1.14 bits per heavy atom. The van der Waals surface area contributed by atoms with Gasteiger partial charge in [-0.2, -0.15) is 0 Å². The van der Waals surface area contributed by atoms with Crippen LogP contribution < -0.4 is 5.32 Å². The van der Waals surface area contributed by atoms with Crippen molar-refractivity contribution in [2.24, 2.45) is 0 Å². The zero-order valence-electron chi connectivity index (χ0n) is 12.9. The maximum Gasteiger partial charge on any atom is 0.220 e. The van der Waals surface area contributed by atoms with E-state index in [1.54, 1.807) is 6.07 Å². The van der Waals surface area contributed by atoms with Crippen molar-refractivity contribution in [2.45, 2.75) is 38.5 Å². The molecule has 0 atom stereocenters. The van der Waals surface area contributed by atoms with Crippen molar-refractivity contribution >= 4 is 29.1 Å². The average molecular weight is 343 g/mol. The van der Waals surface area contributed by atoms with Crippen molar-refractivity contribution in [3.8, 4) is 0 Å². The molecule has 122 valence electrons. The molecule has 1 aromatic rings. The van der Waals surface area contributed by atoms with E-state index in [-0.39, 0.29) is 5.91 Å². The van der Waals surface area contributed by atoms with Crippen LogP contribution in [0.4, 0.5) is 0 Å². The number of carbonyl (C=O) groups is 1. The number of piperidine rings is 1. The van der Waals surface area contributed by atoms with Crippen LogP contribution in [0.25, 0.3) is 0 Å². The molecule has 0 aliphatic carbocycles. The van der Waals surface area contributed by atoms with Gasteiger partial charge in [-0.25, -0.2) is 0 Å². The standard InChI is InChI=1S/C17H24Cl2N2O/c18-15-7-5-14(13-16(15)19)6-8-17(22)20-9-4-12-21-10-2-1-3-11-21/h5,7,13H,1-4,6,8-12H2,(H,20,22). The molecule has 0 saturated carbocycles. The Morgan fingerprint density at radius 3 is 2.64 bits per heavy atom. The highest BCUT2D eigenvalue weighted by Crippen LogP contribution is 2.23. The summed E-state index contributed by atoms with van der Waals surface area (Å²) in [6.07, 6.45) is 6.20. The lowest BCUT2D eigenvalue weighted by Gasteiger charge is -2.26. The topological polar surface area (TPSA) is 32.3 Å². The molecule has 1 saturated heterocycles. The largest absolute Gasteiger partial charge is 0.356 e. The summed E-state index contributed by atoms with van der Waals surface area (Å²) < 4.78 is 0. The van der Waals surface area contributed by atoms with Crippen molar-refractivity contribution in [3.05, 3.63) is 33.8 Å². The van der Waals surface area contributed by atoms with Crippen LogP contribution in [0.15, 0.2) is 18.2 Å². The second-order valence-electron chi connectivity index (χ2n) is 5.85. The Hall–Kier alpha value is -0.770. The Morgan fingerprint density at radius 2 is 1.91 bits per heavy atom. The van der Waals surface area contributed by atoms with E-state index in [9.17, 15) is 4.79 Å². The molecule has 1 fully saturated rings. The summed E-state index contributed by atoms with van der Waals surface area (Å²) in [7, 11) is 0. The van der Waals surface area contributed by atoms with E-state index in [0.717, 1.165) is 25.1 Å². The molecule has 1 aliphatic heterocycles. The third-order valence-electron chi connectivity index (χ3n) is 4.05. The summed E-state index contributed by atoms with van der Waals surface area (Å²) in [4.78, 5) is 14.3. The van der Waals surface area contributed by atoms with Gasteiger partial charge in [0.1, 0.15) is 0 Å². The fraction of sp³-hybridized carbons (Fsp3) is 0.588. The van der Waals surface area contributed by atoms with Crippen molar-refractivity contribution in [1.29, 1.82) is 0 Å². The van der Waals surface area contributed by atoms with Crippen LogP contribution in [-0.4, -0.2) is 37.0 Å². The highest BCUT2D eigenvalue weighted by Gasteiger charge is 2.09. The van der Waals surface area contributed by atoms with E-state index in [4.69, 9.17) is 23.2 Å². The molecule has 0 spiro atoms. The van der Waals surface area contributed by atoms with Gasteiger partial charge in [-0.1, -0.05) is 35.7 Å². The number of hydrogen-bond acceptors (Lipinski definition) is 2. The summed E-state index contributed by atoms with van der Waals surface area (Å²) in [5.74, 6) is 0.102. The number of benzene rings is 1. The summed E-state index contributed by atoms with van der Waals surface area (Å²) in [6, 6.07) is 5.51. The van der Waals surface area contributed by atoms with Crippen molar-refractivity contribution in [3.63, 3.8) is 0 Å². The number of carbonyl (C=O) groups excluding carboxylic acids is 1. The molecule has 5 heteroatoms. The molecule has 3 nitrogen and oxygen atoms in total. The maximum atomic E-state index is 11.8. The van der Waals surface area contributed by atoms with Gasteiger partial charge in [-0.3, -0.25) is 4.79 Å². The second kappa shape index (κ2) is 9.39. The first-order chi connectivity index (χ1) is 10.6. The van der Waals surface area contributed by atoms with Crippen LogP contribution in [0.3, 0.4) is 0 Å². The Kier molecular flexibility index (Phi) is 7.50. The Balaban J connectivity index is 1.58. The number of amides is 1. The van der Waals surface area contributed by atoms with Crippen LogP contribution in [-0.2, 0) is 11.2 Å². The first-order valence-electron chi connectivity index (χ1n) is 8.08. The SMILES string of the molecule is O=C(CCc1ccc(Cl)c(Cl)c1)NCCCN1CCCCC1. The van der Waals surface area contributed by atoms with Gasteiger partial charge in [0.15, 0.2) is 0 Å². The van der Waals surface area contributed by atoms with E-state index in [1.807, 2.05) is 12.1 Å². The molecular formula is C17H24Cl2N2O. The lowest BCUT2D eigenvalue weighted by molar-refractivity contribution is -0.121. The Labute approximate surface area is 143 Å². The first-order valence-corrected chi connectivity index (χ1v) is 8.84. The zero-order valence-corrected chi connectivity index (χ0v) is 14.4. The van der Waals surface area contributed by atoms with Gasteiger partial charge in [0, 0.05) is 13.0 Å². The first kappa shape index (κ1) is 17.6. The van der Waals surface area contributed by atoms with Gasteiger partial charge < -0.3 is 10.2 Å². The molecule has 0 unspecified atom stereocenters. The predicted molar refractivity (Wildman–Crippen MR) is 92.7 cm³/mol. The molecule has 0 bridgehead atoms. The number of nitrogens with zero attached hydrogens (tertiary/aromatic N) is 1. The number of aryl methyl sites for hydroxylation is 1. The molecule has 2 rings (SSSR count). The minimum absolute atomic E-state index is 0.102. The smallest absolute Gasteiger partial charge is 0.220 e. The Bertz CT molecular complexity index is 488. The van der Waals surface area contributed by atoms with E-state index in [0.29, 0.717) is 22.9 Å². The van der Waals surface area contributed by atoms with Gasteiger partial charge in [0.05, 0.1) is 10.0 Å². The molecule has 1 aromatic carbocycles. The minimum atomic E-state index is 0.102. The van der Waals surface area contributed by atoms with E-state index < -0.39 is 0 Å². The normalized spacial score (nSPS) is 15.7. The summed E-state index contributed by atoms with van der Waals surface area (Å²) >= 11 is 11.8. The lowest BCUT2D eigenvalue weighted by atomic mass is 10.1. The summed E-state index contributed by atoms with van der Waals surface area (Å²) in [5.41, 5.74) is 1.04. The summed E-state index contributed by atoms with van der Waals surface area (Å²) in [6.45, 7) is 4.28. The number of hydrogen-bond donors (Lipinski definition) is 1. The van der Waals surface area contributed by atoms with Crippen LogP contribution in [0.2, 0.25) is 10.0 Å². The van der Waals surface area contributed by atoms with Gasteiger partial charge >= 0.3 is 0 Å². The zero-order chi connectivity index (χ0) is 15.8. The van der Waals surface area contributed by atoms with Crippen LogP contribution in [0.5, 0.6) is 0 Å². The lowest BCUT2D eigenvalue weighted by Crippen LogP contribution is -2.33. The number of nitrogens with one attached hydrogen (secondary N) is 1. The third-order valence-corrected chi connectivity index (χ3v) is 4.79. The average Bonchev–Trinajstić information content (AvgIpc) is 2.54. The van der Waals surface area contributed by atoms with Gasteiger partial charge in [0.25, 0.3) is 0 Å². The molecular weight excluding hydrogens is 319 g/mol. The van der Waals surface area contributed by atoms with E-state index >= 15 is 0 Å². The quantitative estimate of drug-likeness (QED) is 0.761. The minimum Gasteiger partial charge on any atom is -0.356 e. The molecule has 0 aromatic heterocycles. The molecule has 0 radical (unpaired) electrons. The number of rotatable bonds is 7. The molecule has 1 aliphatic rings. The fourth-order valence-electron chi connectivity index (χ4n) is 2.75.